The zero-order chi connectivity index (χ0) is 11.4. The number of carbonyl (C=O) groups excluding carboxylic acids is 1. The number of amides is 1. The fourth-order valence-electron chi connectivity index (χ4n) is 1.82. The van der Waals surface area contributed by atoms with E-state index in [9.17, 15) is 4.79 Å². The van der Waals surface area contributed by atoms with Crippen LogP contribution in [0.15, 0.2) is 24.3 Å². The average Bonchev–Trinajstić information content (AvgIpc) is 2.67. The topological polar surface area (TPSA) is 41.1 Å². The van der Waals surface area contributed by atoms with E-state index < -0.39 is 0 Å². The molecule has 1 atom stereocenters. The third-order valence-corrected chi connectivity index (χ3v) is 2.97. The lowest BCUT2D eigenvalue weighted by atomic mass is 10.2. The summed E-state index contributed by atoms with van der Waals surface area (Å²) in [6.07, 6.45) is 1.60. The molecular formula is C12H15ClN2O. The summed E-state index contributed by atoms with van der Waals surface area (Å²) in [6, 6.07) is 8.07. The van der Waals surface area contributed by atoms with Gasteiger partial charge in [-0.15, -0.1) is 0 Å². The van der Waals surface area contributed by atoms with Crippen LogP contribution in [-0.4, -0.2) is 18.5 Å². The van der Waals surface area contributed by atoms with E-state index in [0.717, 1.165) is 24.5 Å². The number of carbonyl (C=O) groups is 1. The largest absolute Gasteiger partial charge is 0.352 e. The lowest BCUT2D eigenvalue weighted by molar-refractivity contribution is -0.119. The second kappa shape index (κ2) is 5.32. The van der Waals surface area contributed by atoms with Gasteiger partial charge in [0, 0.05) is 30.6 Å². The average molecular weight is 239 g/mol. The van der Waals surface area contributed by atoms with E-state index in [2.05, 4.69) is 10.6 Å². The molecule has 1 unspecified atom stereocenters. The van der Waals surface area contributed by atoms with Crippen LogP contribution in [0.3, 0.4) is 0 Å². The molecule has 1 aromatic rings. The van der Waals surface area contributed by atoms with Crippen LogP contribution in [0.25, 0.3) is 0 Å². The SMILES string of the molecule is O=C1CCC(CNCc2ccc(Cl)cc2)N1. The third kappa shape index (κ3) is 3.22. The predicted molar refractivity (Wildman–Crippen MR) is 64.3 cm³/mol. The van der Waals surface area contributed by atoms with Crippen LogP contribution in [-0.2, 0) is 11.3 Å². The van der Waals surface area contributed by atoms with Gasteiger partial charge >= 0.3 is 0 Å². The van der Waals surface area contributed by atoms with Crippen LogP contribution in [0.1, 0.15) is 18.4 Å². The van der Waals surface area contributed by atoms with Crippen molar-refractivity contribution in [3.05, 3.63) is 34.9 Å². The Labute approximate surface area is 100 Å². The van der Waals surface area contributed by atoms with Gasteiger partial charge in [0.25, 0.3) is 0 Å². The molecule has 0 spiro atoms. The molecule has 0 aromatic heterocycles. The summed E-state index contributed by atoms with van der Waals surface area (Å²) in [5, 5.41) is 7.01. The van der Waals surface area contributed by atoms with Gasteiger partial charge in [0.05, 0.1) is 0 Å². The van der Waals surface area contributed by atoms with Crippen molar-refractivity contribution in [2.75, 3.05) is 6.54 Å². The highest BCUT2D eigenvalue weighted by atomic mass is 35.5. The van der Waals surface area contributed by atoms with E-state index in [1.54, 1.807) is 0 Å². The van der Waals surface area contributed by atoms with Crippen molar-refractivity contribution < 1.29 is 4.79 Å². The molecule has 1 amide bonds. The monoisotopic (exact) mass is 238 g/mol. The molecule has 2 N–H and O–H groups in total. The lowest BCUT2D eigenvalue weighted by Gasteiger charge is -2.11. The summed E-state index contributed by atoms with van der Waals surface area (Å²) in [5.74, 6) is 0.165. The standard InChI is InChI=1S/C12H15ClN2O/c13-10-3-1-9(2-4-10)7-14-8-11-5-6-12(16)15-11/h1-4,11,14H,5-8H2,(H,15,16). The molecule has 86 valence electrons. The Balaban J connectivity index is 1.72. The lowest BCUT2D eigenvalue weighted by Crippen LogP contribution is -2.35. The van der Waals surface area contributed by atoms with Crippen LogP contribution in [0.4, 0.5) is 0 Å². The van der Waals surface area contributed by atoms with Gasteiger partial charge in [-0.05, 0) is 24.1 Å². The van der Waals surface area contributed by atoms with Crippen LogP contribution in [0, 0.1) is 0 Å². The molecule has 16 heavy (non-hydrogen) atoms. The molecule has 0 radical (unpaired) electrons. The molecular weight excluding hydrogens is 224 g/mol. The normalized spacial score (nSPS) is 19.8. The molecule has 3 nitrogen and oxygen atoms in total. The van der Waals surface area contributed by atoms with E-state index in [4.69, 9.17) is 11.6 Å². The first kappa shape index (κ1) is 11.4. The Morgan fingerprint density at radius 1 is 1.38 bits per heavy atom. The van der Waals surface area contributed by atoms with E-state index in [1.807, 2.05) is 24.3 Å². The summed E-state index contributed by atoms with van der Waals surface area (Å²) >= 11 is 5.80. The fraction of sp³-hybridized carbons (Fsp3) is 0.417. The minimum Gasteiger partial charge on any atom is -0.352 e. The quantitative estimate of drug-likeness (QED) is 0.839. The van der Waals surface area contributed by atoms with Gasteiger partial charge < -0.3 is 10.6 Å². The van der Waals surface area contributed by atoms with E-state index >= 15 is 0 Å². The summed E-state index contributed by atoms with van der Waals surface area (Å²) in [6.45, 7) is 1.64. The minimum absolute atomic E-state index is 0.165. The highest BCUT2D eigenvalue weighted by Crippen LogP contribution is 2.09. The van der Waals surface area contributed by atoms with Crippen LogP contribution < -0.4 is 10.6 Å². The number of nitrogens with one attached hydrogen (secondary N) is 2. The van der Waals surface area contributed by atoms with Crippen molar-refractivity contribution in [3.8, 4) is 0 Å². The van der Waals surface area contributed by atoms with Gasteiger partial charge in [-0.3, -0.25) is 4.79 Å². The zero-order valence-electron chi connectivity index (χ0n) is 9.00. The summed E-state index contributed by atoms with van der Waals surface area (Å²) < 4.78 is 0. The van der Waals surface area contributed by atoms with Gasteiger partial charge in [-0.25, -0.2) is 0 Å². The smallest absolute Gasteiger partial charge is 0.220 e. The van der Waals surface area contributed by atoms with Crippen molar-refractivity contribution in [1.29, 1.82) is 0 Å². The third-order valence-electron chi connectivity index (χ3n) is 2.72. The molecule has 0 bridgehead atoms. The fourth-order valence-corrected chi connectivity index (χ4v) is 1.95. The molecule has 2 rings (SSSR count). The van der Waals surface area contributed by atoms with Crippen molar-refractivity contribution in [2.45, 2.75) is 25.4 Å². The van der Waals surface area contributed by atoms with E-state index in [1.165, 1.54) is 5.56 Å². The first-order chi connectivity index (χ1) is 7.74. The molecule has 1 fully saturated rings. The second-order valence-electron chi connectivity index (χ2n) is 4.06. The Hall–Kier alpha value is -1.06. The number of benzene rings is 1. The molecule has 1 saturated heterocycles. The highest BCUT2D eigenvalue weighted by molar-refractivity contribution is 6.30. The molecule has 4 heteroatoms. The first-order valence-corrected chi connectivity index (χ1v) is 5.86. The predicted octanol–water partition coefficient (Wildman–Crippen LogP) is 1.71. The Bertz CT molecular complexity index is 364. The molecule has 1 heterocycles. The van der Waals surface area contributed by atoms with Crippen molar-refractivity contribution in [1.82, 2.24) is 10.6 Å². The molecule has 1 aliphatic rings. The Morgan fingerprint density at radius 2 is 2.12 bits per heavy atom. The van der Waals surface area contributed by atoms with Crippen molar-refractivity contribution >= 4 is 17.5 Å². The van der Waals surface area contributed by atoms with E-state index in [-0.39, 0.29) is 5.91 Å². The number of hydrogen-bond acceptors (Lipinski definition) is 2. The highest BCUT2D eigenvalue weighted by Gasteiger charge is 2.19. The summed E-state index contributed by atoms with van der Waals surface area (Å²) in [7, 11) is 0. The maximum atomic E-state index is 11.0. The van der Waals surface area contributed by atoms with Crippen LogP contribution in [0.5, 0.6) is 0 Å². The zero-order valence-corrected chi connectivity index (χ0v) is 9.76. The van der Waals surface area contributed by atoms with Gasteiger partial charge in [-0.2, -0.15) is 0 Å². The van der Waals surface area contributed by atoms with Crippen molar-refractivity contribution in [3.63, 3.8) is 0 Å². The molecule has 0 saturated carbocycles. The first-order valence-electron chi connectivity index (χ1n) is 5.48. The summed E-state index contributed by atoms with van der Waals surface area (Å²) in [5.41, 5.74) is 1.20. The summed E-state index contributed by atoms with van der Waals surface area (Å²) in [4.78, 5) is 11.0. The van der Waals surface area contributed by atoms with Crippen molar-refractivity contribution in [2.24, 2.45) is 0 Å². The molecule has 1 aromatic carbocycles. The molecule has 1 aliphatic heterocycles. The Kier molecular flexibility index (Phi) is 3.80. The van der Waals surface area contributed by atoms with E-state index in [0.29, 0.717) is 12.5 Å². The van der Waals surface area contributed by atoms with Gasteiger partial charge in [0.1, 0.15) is 0 Å². The molecule has 0 aliphatic carbocycles. The van der Waals surface area contributed by atoms with Crippen LogP contribution >= 0.6 is 11.6 Å². The van der Waals surface area contributed by atoms with Gasteiger partial charge in [0.2, 0.25) is 5.91 Å². The Morgan fingerprint density at radius 3 is 2.75 bits per heavy atom. The van der Waals surface area contributed by atoms with Gasteiger partial charge in [0.15, 0.2) is 0 Å². The second-order valence-corrected chi connectivity index (χ2v) is 4.50. The maximum Gasteiger partial charge on any atom is 0.220 e. The van der Waals surface area contributed by atoms with Crippen LogP contribution in [0.2, 0.25) is 5.02 Å². The number of rotatable bonds is 4. The minimum atomic E-state index is 0.165. The number of hydrogen-bond donors (Lipinski definition) is 2. The number of halogens is 1. The maximum absolute atomic E-state index is 11.0. The van der Waals surface area contributed by atoms with Gasteiger partial charge in [-0.1, -0.05) is 23.7 Å².